The van der Waals surface area contributed by atoms with Gasteiger partial charge in [0.15, 0.2) is 10.9 Å². The molecule has 0 aliphatic carbocycles. The van der Waals surface area contributed by atoms with Gasteiger partial charge in [0.05, 0.1) is 21.6 Å². The molecule has 0 atom stereocenters. The molecule has 0 unspecified atom stereocenters. The molecule has 0 radical (unpaired) electrons. The lowest BCUT2D eigenvalue weighted by Gasteiger charge is -2.30. The van der Waals surface area contributed by atoms with Crippen molar-refractivity contribution in [3.63, 3.8) is 0 Å². The molecule has 33 heavy (non-hydrogen) atoms. The van der Waals surface area contributed by atoms with Gasteiger partial charge in [-0.1, -0.05) is 36.0 Å². The largest absolute Gasteiger partial charge is 0.297 e. The number of thioether (sulfide) groups is 1. The Hall–Kier alpha value is -3.04. The smallest absolute Gasteiger partial charge is 0.270 e. The minimum absolute atomic E-state index is 0.0179. The number of carbonyl (C=O) groups is 1. The van der Waals surface area contributed by atoms with Gasteiger partial charge in [-0.3, -0.25) is 29.2 Å². The second-order valence-corrected chi connectivity index (χ2v) is 9.26. The number of aromatic nitrogens is 2. The van der Waals surface area contributed by atoms with Crippen LogP contribution in [0.25, 0.3) is 10.9 Å². The second-order valence-electron chi connectivity index (χ2n) is 8.31. The summed E-state index contributed by atoms with van der Waals surface area (Å²) in [5.41, 5.74) is 0.568. The summed E-state index contributed by atoms with van der Waals surface area (Å²) in [5, 5.41) is 12.0. The Balaban J connectivity index is 1.90. The number of para-hydroxylation sites is 1. The number of non-ortho nitro benzene ring substituents is 1. The number of fused-ring (bicyclic) bond motifs is 1. The first kappa shape index (κ1) is 24.6. The number of nitro groups is 1. The van der Waals surface area contributed by atoms with Crippen LogP contribution >= 0.6 is 11.8 Å². The number of Topliss-reactive ketones (excluding diaryl/α,β-unsaturated/α-hetero) is 1. The summed E-state index contributed by atoms with van der Waals surface area (Å²) in [6.07, 6.45) is 0. The van der Waals surface area contributed by atoms with Gasteiger partial charge in [0.2, 0.25) is 0 Å². The van der Waals surface area contributed by atoms with Gasteiger partial charge in [-0.2, -0.15) is 0 Å². The molecule has 0 saturated heterocycles. The van der Waals surface area contributed by atoms with Crippen LogP contribution < -0.4 is 5.56 Å². The molecule has 0 aliphatic heterocycles. The molecule has 174 valence electrons. The highest BCUT2D eigenvalue weighted by molar-refractivity contribution is 7.99. The third-order valence-electron chi connectivity index (χ3n) is 5.45. The molecule has 0 saturated carbocycles. The van der Waals surface area contributed by atoms with Crippen LogP contribution in [0.2, 0.25) is 0 Å². The molecular weight excluding hydrogens is 440 g/mol. The zero-order valence-electron chi connectivity index (χ0n) is 19.2. The third-order valence-corrected chi connectivity index (χ3v) is 6.42. The lowest BCUT2D eigenvalue weighted by molar-refractivity contribution is -0.384. The van der Waals surface area contributed by atoms with E-state index in [9.17, 15) is 19.7 Å². The minimum Gasteiger partial charge on any atom is -0.297 e. The fraction of sp³-hybridized carbons (Fsp3) is 0.375. The van der Waals surface area contributed by atoms with Crippen molar-refractivity contribution in [3.8, 4) is 0 Å². The molecule has 8 nitrogen and oxygen atoms in total. The van der Waals surface area contributed by atoms with Gasteiger partial charge in [0, 0.05) is 42.9 Å². The van der Waals surface area contributed by atoms with E-state index in [-0.39, 0.29) is 28.3 Å². The zero-order chi connectivity index (χ0) is 24.1. The van der Waals surface area contributed by atoms with Crippen LogP contribution in [0.5, 0.6) is 0 Å². The summed E-state index contributed by atoms with van der Waals surface area (Å²) in [6.45, 7) is 9.59. The van der Waals surface area contributed by atoms with E-state index in [1.165, 1.54) is 30.0 Å². The van der Waals surface area contributed by atoms with Crippen LogP contribution in [0.15, 0.2) is 58.5 Å². The lowest BCUT2D eigenvalue weighted by atomic mass is 10.1. The maximum Gasteiger partial charge on any atom is 0.270 e. The molecule has 3 aromatic rings. The van der Waals surface area contributed by atoms with Crippen LogP contribution in [0.4, 0.5) is 5.69 Å². The van der Waals surface area contributed by atoms with Crippen molar-refractivity contribution in [2.45, 2.75) is 51.5 Å². The van der Waals surface area contributed by atoms with Gasteiger partial charge < -0.3 is 0 Å². The van der Waals surface area contributed by atoms with Crippen LogP contribution in [-0.2, 0) is 6.54 Å². The van der Waals surface area contributed by atoms with Crippen LogP contribution in [-0.4, -0.2) is 49.5 Å². The summed E-state index contributed by atoms with van der Waals surface area (Å²) < 4.78 is 1.63. The third kappa shape index (κ3) is 5.85. The molecular formula is C24H28N4O4S. The summed E-state index contributed by atoms with van der Waals surface area (Å²) in [5.74, 6) is -0.243. The molecule has 0 bridgehead atoms. The van der Waals surface area contributed by atoms with Gasteiger partial charge in [-0.05, 0) is 39.8 Å². The van der Waals surface area contributed by atoms with Crippen LogP contribution in [0.3, 0.4) is 0 Å². The Bertz CT molecular complexity index is 1210. The Morgan fingerprint density at radius 2 is 1.82 bits per heavy atom. The van der Waals surface area contributed by atoms with Crippen LogP contribution in [0, 0.1) is 10.1 Å². The highest BCUT2D eigenvalue weighted by Gasteiger charge is 2.18. The van der Waals surface area contributed by atoms with E-state index in [4.69, 9.17) is 0 Å². The predicted molar refractivity (Wildman–Crippen MR) is 131 cm³/mol. The van der Waals surface area contributed by atoms with Crippen molar-refractivity contribution in [1.29, 1.82) is 0 Å². The quantitative estimate of drug-likeness (QED) is 0.143. The van der Waals surface area contributed by atoms with E-state index in [1.54, 1.807) is 22.8 Å². The maximum atomic E-state index is 13.3. The lowest BCUT2D eigenvalue weighted by Crippen LogP contribution is -2.40. The van der Waals surface area contributed by atoms with E-state index >= 15 is 0 Å². The van der Waals surface area contributed by atoms with Crippen molar-refractivity contribution in [1.82, 2.24) is 14.5 Å². The SMILES string of the molecule is CC(C)N(CCn1c(SCC(=O)c2cccc([N+](=O)[O-])c2)nc2ccccc2c1=O)C(C)C. The first-order valence-electron chi connectivity index (χ1n) is 10.8. The van der Waals surface area contributed by atoms with Crippen molar-refractivity contribution >= 4 is 34.1 Å². The number of hydrogen-bond donors (Lipinski definition) is 0. The highest BCUT2D eigenvalue weighted by atomic mass is 32.2. The zero-order valence-corrected chi connectivity index (χ0v) is 20.0. The molecule has 0 amide bonds. The molecule has 2 aromatic carbocycles. The number of carbonyl (C=O) groups excluding carboxylic acids is 1. The Kier molecular flexibility index (Phi) is 7.99. The average molecular weight is 469 g/mol. The van der Waals surface area contributed by atoms with Crippen molar-refractivity contribution < 1.29 is 9.72 Å². The minimum atomic E-state index is -0.526. The molecule has 0 spiro atoms. The van der Waals surface area contributed by atoms with Crippen molar-refractivity contribution in [2.24, 2.45) is 0 Å². The standard InChI is InChI=1S/C24H28N4O4S/c1-16(2)26(17(3)4)12-13-27-23(30)20-10-5-6-11-21(20)25-24(27)33-15-22(29)18-8-7-9-19(14-18)28(31)32/h5-11,14,16-17H,12-13,15H2,1-4H3. The summed E-state index contributed by atoms with van der Waals surface area (Å²) in [6, 6.07) is 13.5. The molecule has 3 rings (SSSR count). The molecule has 0 fully saturated rings. The molecule has 9 heteroatoms. The molecule has 0 aliphatic rings. The van der Waals surface area contributed by atoms with E-state index < -0.39 is 4.92 Å². The number of nitrogens with zero attached hydrogens (tertiary/aromatic N) is 4. The molecule has 1 aromatic heterocycles. The maximum absolute atomic E-state index is 13.3. The molecule has 1 heterocycles. The first-order chi connectivity index (χ1) is 15.7. The topological polar surface area (TPSA) is 98.3 Å². The van der Waals surface area contributed by atoms with Gasteiger partial charge in [-0.25, -0.2) is 4.98 Å². The number of benzene rings is 2. The fourth-order valence-corrected chi connectivity index (χ4v) is 4.71. The highest BCUT2D eigenvalue weighted by Crippen LogP contribution is 2.21. The van der Waals surface area contributed by atoms with E-state index in [0.717, 1.165) is 0 Å². The average Bonchev–Trinajstić information content (AvgIpc) is 2.78. The summed E-state index contributed by atoms with van der Waals surface area (Å²) >= 11 is 1.18. The Morgan fingerprint density at radius 1 is 1.12 bits per heavy atom. The number of rotatable bonds is 10. The monoisotopic (exact) mass is 468 g/mol. The Labute approximate surface area is 196 Å². The predicted octanol–water partition coefficient (Wildman–Crippen LogP) is 4.40. The normalized spacial score (nSPS) is 11.6. The van der Waals surface area contributed by atoms with Crippen molar-refractivity contribution in [2.75, 3.05) is 12.3 Å². The number of ketones is 1. The van der Waals surface area contributed by atoms with Gasteiger partial charge in [0.1, 0.15) is 0 Å². The second kappa shape index (κ2) is 10.7. The Morgan fingerprint density at radius 3 is 2.48 bits per heavy atom. The summed E-state index contributed by atoms with van der Waals surface area (Å²) in [7, 11) is 0. The van der Waals surface area contributed by atoms with Gasteiger partial charge in [0.25, 0.3) is 11.2 Å². The fourth-order valence-electron chi connectivity index (χ4n) is 3.79. The van der Waals surface area contributed by atoms with E-state index in [2.05, 4.69) is 37.6 Å². The van der Waals surface area contributed by atoms with E-state index in [0.29, 0.717) is 41.2 Å². The molecule has 0 N–H and O–H groups in total. The van der Waals surface area contributed by atoms with Crippen molar-refractivity contribution in [3.05, 3.63) is 74.6 Å². The first-order valence-corrected chi connectivity index (χ1v) is 11.8. The van der Waals surface area contributed by atoms with E-state index in [1.807, 2.05) is 12.1 Å². The van der Waals surface area contributed by atoms with Gasteiger partial charge >= 0.3 is 0 Å². The van der Waals surface area contributed by atoms with Crippen LogP contribution in [0.1, 0.15) is 38.1 Å². The van der Waals surface area contributed by atoms with Gasteiger partial charge in [-0.15, -0.1) is 0 Å². The number of nitro benzene ring substituents is 1. The summed E-state index contributed by atoms with van der Waals surface area (Å²) in [4.78, 5) is 43.5. The number of hydrogen-bond acceptors (Lipinski definition) is 7.